The Morgan fingerprint density at radius 1 is 1.32 bits per heavy atom. The highest BCUT2D eigenvalue weighted by molar-refractivity contribution is 6.30. The van der Waals surface area contributed by atoms with Crippen molar-refractivity contribution in [2.45, 2.75) is 13.8 Å². The summed E-state index contributed by atoms with van der Waals surface area (Å²) in [5.41, 5.74) is 7.71. The van der Waals surface area contributed by atoms with Crippen LogP contribution in [0.1, 0.15) is 12.5 Å². The number of aryl methyl sites for hydroxylation is 1. The highest BCUT2D eigenvalue weighted by Gasteiger charge is 2.13. The summed E-state index contributed by atoms with van der Waals surface area (Å²) in [6, 6.07) is 5.57. The summed E-state index contributed by atoms with van der Waals surface area (Å²) in [6.45, 7) is 3.38. The molecule has 0 unspecified atom stereocenters. The normalized spacial score (nSPS) is 10.7. The van der Waals surface area contributed by atoms with Gasteiger partial charge in [-0.3, -0.25) is 15.6 Å². The second kappa shape index (κ2) is 5.61. The molecule has 2 aromatic heterocycles. The van der Waals surface area contributed by atoms with Crippen LogP contribution in [0.2, 0.25) is 5.02 Å². The van der Waals surface area contributed by atoms with Crippen LogP contribution in [0.15, 0.2) is 30.7 Å². The van der Waals surface area contributed by atoms with E-state index in [1.54, 1.807) is 10.9 Å². The third-order valence-electron chi connectivity index (χ3n) is 3.12. The van der Waals surface area contributed by atoms with E-state index in [0.29, 0.717) is 21.9 Å². The van der Waals surface area contributed by atoms with Crippen molar-refractivity contribution in [3.8, 4) is 5.69 Å². The zero-order valence-electron chi connectivity index (χ0n) is 12.0. The van der Waals surface area contributed by atoms with E-state index in [1.807, 2.05) is 25.1 Å². The van der Waals surface area contributed by atoms with Gasteiger partial charge in [0.1, 0.15) is 6.33 Å². The molecule has 112 valence electrons. The molecule has 0 fully saturated rings. The van der Waals surface area contributed by atoms with Crippen molar-refractivity contribution >= 4 is 34.4 Å². The molecule has 22 heavy (non-hydrogen) atoms. The van der Waals surface area contributed by atoms with Gasteiger partial charge in [0, 0.05) is 11.9 Å². The summed E-state index contributed by atoms with van der Waals surface area (Å²) in [5, 5.41) is 5.67. The number of carbonyl (C=O) groups is 1. The van der Waals surface area contributed by atoms with E-state index >= 15 is 0 Å². The number of carbonyl (C=O) groups excluding carboxylic acids is 1. The summed E-state index contributed by atoms with van der Waals surface area (Å²) in [5.74, 6) is 0.260. The van der Waals surface area contributed by atoms with Gasteiger partial charge < -0.3 is 0 Å². The lowest BCUT2D eigenvalue weighted by molar-refractivity contribution is -0.118. The topological polar surface area (TPSA) is 84.7 Å². The van der Waals surface area contributed by atoms with Crippen molar-refractivity contribution in [2.24, 2.45) is 0 Å². The fourth-order valence-electron chi connectivity index (χ4n) is 2.08. The van der Waals surface area contributed by atoms with Crippen LogP contribution in [0, 0.1) is 6.92 Å². The SMILES string of the molecule is CC(=O)NNc1ncnc2c1cnn2-c1cc(Cl)ccc1C. The zero-order valence-corrected chi connectivity index (χ0v) is 12.7. The van der Waals surface area contributed by atoms with Crippen LogP contribution in [-0.2, 0) is 4.79 Å². The lowest BCUT2D eigenvalue weighted by Gasteiger charge is -2.08. The van der Waals surface area contributed by atoms with Crippen molar-refractivity contribution in [1.82, 2.24) is 25.2 Å². The second-order valence-electron chi connectivity index (χ2n) is 4.75. The highest BCUT2D eigenvalue weighted by Crippen LogP contribution is 2.24. The first-order valence-electron chi connectivity index (χ1n) is 6.54. The van der Waals surface area contributed by atoms with Gasteiger partial charge >= 0.3 is 0 Å². The van der Waals surface area contributed by atoms with Gasteiger partial charge in [0.15, 0.2) is 11.5 Å². The van der Waals surface area contributed by atoms with E-state index in [0.717, 1.165) is 11.3 Å². The van der Waals surface area contributed by atoms with Crippen molar-refractivity contribution in [3.05, 3.63) is 41.3 Å². The molecule has 0 saturated heterocycles. The molecule has 2 N–H and O–H groups in total. The Hall–Kier alpha value is -2.67. The molecule has 7 nitrogen and oxygen atoms in total. The lowest BCUT2D eigenvalue weighted by atomic mass is 10.2. The Morgan fingerprint density at radius 2 is 2.14 bits per heavy atom. The molecule has 0 aliphatic rings. The average Bonchev–Trinajstić information content (AvgIpc) is 2.92. The Balaban J connectivity index is 2.11. The Bertz CT molecular complexity index is 860. The number of amides is 1. The molecule has 2 heterocycles. The van der Waals surface area contributed by atoms with Crippen LogP contribution in [-0.4, -0.2) is 25.7 Å². The van der Waals surface area contributed by atoms with Crippen LogP contribution in [0.25, 0.3) is 16.7 Å². The number of hydrogen-bond acceptors (Lipinski definition) is 5. The second-order valence-corrected chi connectivity index (χ2v) is 5.19. The third kappa shape index (κ3) is 2.58. The number of hydrogen-bond donors (Lipinski definition) is 2. The van der Waals surface area contributed by atoms with Gasteiger partial charge in [0.05, 0.1) is 17.3 Å². The van der Waals surface area contributed by atoms with E-state index < -0.39 is 0 Å². The summed E-state index contributed by atoms with van der Waals surface area (Å²) < 4.78 is 1.69. The van der Waals surface area contributed by atoms with Crippen LogP contribution < -0.4 is 10.9 Å². The molecule has 0 atom stereocenters. The monoisotopic (exact) mass is 316 g/mol. The maximum Gasteiger partial charge on any atom is 0.235 e. The molecule has 0 bridgehead atoms. The maximum absolute atomic E-state index is 11.0. The molecular formula is C14H13ClN6O. The molecule has 8 heteroatoms. The quantitative estimate of drug-likeness (QED) is 0.724. The van der Waals surface area contributed by atoms with Crippen molar-refractivity contribution < 1.29 is 4.79 Å². The molecule has 0 aliphatic carbocycles. The van der Waals surface area contributed by atoms with Gasteiger partial charge in [-0.25, -0.2) is 14.6 Å². The molecule has 0 radical (unpaired) electrons. The maximum atomic E-state index is 11.0. The molecule has 3 aromatic rings. The van der Waals surface area contributed by atoms with Crippen LogP contribution in [0.5, 0.6) is 0 Å². The van der Waals surface area contributed by atoms with Crippen molar-refractivity contribution in [3.63, 3.8) is 0 Å². The molecule has 0 aliphatic heterocycles. The predicted molar refractivity (Wildman–Crippen MR) is 83.8 cm³/mol. The van der Waals surface area contributed by atoms with E-state index in [9.17, 15) is 4.79 Å². The minimum Gasteiger partial charge on any atom is -0.281 e. The summed E-state index contributed by atoms with van der Waals surface area (Å²) in [4.78, 5) is 19.4. The van der Waals surface area contributed by atoms with Gasteiger partial charge in [-0.15, -0.1) is 0 Å². The molecule has 3 rings (SSSR count). The van der Waals surface area contributed by atoms with Crippen LogP contribution >= 0.6 is 11.6 Å². The Morgan fingerprint density at radius 3 is 2.91 bits per heavy atom. The van der Waals surface area contributed by atoms with Crippen LogP contribution in [0.4, 0.5) is 5.82 Å². The smallest absolute Gasteiger partial charge is 0.235 e. The fourth-order valence-corrected chi connectivity index (χ4v) is 2.24. The molecule has 0 spiro atoms. The van der Waals surface area contributed by atoms with Gasteiger partial charge in [-0.2, -0.15) is 5.10 Å². The summed E-state index contributed by atoms with van der Waals surface area (Å²) in [7, 11) is 0. The number of hydrazine groups is 1. The van der Waals surface area contributed by atoms with E-state index in [1.165, 1.54) is 13.3 Å². The standard InChI is InChI=1S/C14H13ClN6O/c1-8-3-4-10(15)5-12(8)21-14-11(6-18-21)13(16-7-17-14)20-19-9(2)22/h3-7H,1-2H3,(H,19,22)(H,16,17,20). The first-order valence-corrected chi connectivity index (χ1v) is 6.92. The number of rotatable bonds is 3. The van der Waals surface area contributed by atoms with Gasteiger partial charge in [0.25, 0.3) is 0 Å². The van der Waals surface area contributed by atoms with E-state index in [2.05, 4.69) is 25.9 Å². The number of fused-ring (bicyclic) bond motifs is 1. The zero-order chi connectivity index (χ0) is 15.7. The van der Waals surface area contributed by atoms with E-state index in [-0.39, 0.29) is 5.91 Å². The lowest BCUT2D eigenvalue weighted by Crippen LogP contribution is -2.27. The first-order chi connectivity index (χ1) is 10.6. The Labute approximate surface area is 131 Å². The number of nitrogens with zero attached hydrogens (tertiary/aromatic N) is 4. The summed E-state index contributed by atoms with van der Waals surface area (Å²) >= 11 is 6.07. The predicted octanol–water partition coefficient (Wildman–Crippen LogP) is 2.24. The fraction of sp³-hybridized carbons (Fsp3) is 0.143. The Kier molecular flexibility index (Phi) is 3.64. The van der Waals surface area contributed by atoms with Crippen LogP contribution in [0.3, 0.4) is 0 Å². The number of halogens is 1. The minimum atomic E-state index is -0.218. The average molecular weight is 317 g/mol. The van der Waals surface area contributed by atoms with Crippen molar-refractivity contribution in [1.29, 1.82) is 0 Å². The third-order valence-corrected chi connectivity index (χ3v) is 3.36. The van der Waals surface area contributed by atoms with Crippen molar-refractivity contribution in [2.75, 3.05) is 5.43 Å². The van der Waals surface area contributed by atoms with E-state index in [4.69, 9.17) is 11.6 Å². The van der Waals surface area contributed by atoms with Gasteiger partial charge in [-0.05, 0) is 24.6 Å². The first kappa shape index (κ1) is 14.3. The number of benzene rings is 1. The van der Waals surface area contributed by atoms with Gasteiger partial charge in [-0.1, -0.05) is 17.7 Å². The number of nitrogens with one attached hydrogen (secondary N) is 2. The molecule has 0 saturated carbocycles. The largest absolute Gasteiger partial charge is 0.281 e. The van der Waals surface area contributed by atoms with Gasteiger partial charge in [0.2, 0.25) is 5.91 Å². The minimum absolute atomic E-state index is 0.218. The molecular weight excluding hydrogens is 304 g/mol. The molecule has 1 aromatic carbocycles. The number of anilines is 1. The highest BCUT2D eigenvalue weighted by atomic mass is 35.5. The molecule has 1 amide bonds. The number of aromatic nitrogens is 4. The summed E-state index contributed by atoms with van der Waals surface area (Å²) in [6.07, 6.45) is 3.05.